The SMILES string of the molecule is O=C(O)C1CC1c1ccc(CCOc2ccc(-c3ccn[nH]3)nc2)c(F)c1. The number of ether oxygens (including phenoxy) is 1. The van der Waals surface area contributed by atoms with Crippen molar-refractivity contribution in [3.8, 4) is 17.1 Å². The van der Waals surface area contributed by atoms with Crippen LogP contribution in [0.4, 0.5) is 4.39 Å². The van der Waals surface area contributed by atoms with Gasteiger partial charge in [-0.15, -0.1) is 0 Å². The number of rotatable bonds is 7. The third kappa shape index (κ3) is 3.81. The molecule has 6 nitrogen and oxygen atoms in total. The highest BCUT2D eigenvalue weighted by Crippen LogP contribution is 2.47. The monoisotopic (exact) mass is 367 g/mol. The van der Waals surface area contributed by atoms with Gasteiger partial charge in [0.1, 0.15) is 11.6 Å². The zero-order valence-corrected chi connectivity index (χ0v) is 14.4. The van der Waals surface area contributed by atoms with Crippen molar-refractivity contribution >= 4 is 5.97 Å². The molecule has 1 aliphatic rings. The molecule has 0 saturated heterocycles. The van der Waals surface area contributed by atoms with Crippen LogP contribution in [0.25, 0.3) is 11.4 Å². The summed E-state index contributed by atoms with van der Waals surface area (Å²) in [5.41, 5.74) is 2.89. The predicted molar refractivity (Wildman–Crippen MR) is 95.9 cm³/mol. The maximum absolute atomic E-state index is 14.3. The van der Waals surface area contributed by atoms with Crippen LogP contribution in [0.2, 0.25) is 0 Å². The molecule has 0 radical (unpaired) electrons. The first-order valence-corrected chi connectivity index (χ1v) is 8.71. The van der Waals surface area contributed by atoms with Crippen LogP contribution in [0.3, 0.4) is 0 Å². The van der Waals surface area contributed by atoms with E-state index < -0.39 is 5.97 Å². The van der Waals surface area contributed by atoms with Crippen LogP contribution in [-0.4, -0.2) is 32.9 Å². The molecule has 1 fully saturated rings. The summed E-state index contributed by atoms with van der Waals surface area (Å²) in [4.78, 5) is 15.2. The van der Waals surface area contributed by atoms with Crippen molar-refractivity contribution in [2.45, 2.75) is 18.8 Å². The number of nitrogens with zero attached hydrogens (tertiary/aromatic N) is 2. The number of hydrogen-bond donors (Lipinski definition) is 2. The Hall–Kier alpha value is -3.22. The second kappa shape index (κ2) is 7.19. The van der Waals surface area contributed by atoms with Gasteiger partial charge >= 0.3 is 5.97 Å². The molecule has 0 aliphatic heterocycles. The lowest BCUT2D eigenvalue weighted by Gasteiger charge is -2.08. The van der Waals surface area contributed by atoms with Gasteiger partial charge in [-0.25, -0.2) is 4.39 Å². The smallest absolute Gasteiger partial charge is 0.307 e. The van der Waals surface area contributed by atoms with Gasteiger partial charge in [0, 0.05) is 12.6 Å². The number of carboxylic acid groups (broad SMARTS) is 1. The molecule has 4 rings (SSSR count). The molecule has 1 aromatic carbocycles. The van der Waals surface area contributed by atoms with Crippen molar-refractivity contribution in [3.05, 3.63) is 65.7 Å². The lowest BCUT2D eigenvalue weighted by atomic mass is 10.0. The molecule has 0 spiro atoms. The summed E-state index contributed by atoms with van der Waals surface area (Å²) in [6.07, 6.45) is 4.28. The van der Waals surface area contributed by atoms with Crippen molar-refractivity contribution in [1.82, 2.24) is 15.2 Å². The summed E-state index contributed by atoms with van der Waals surface area (Å²) in [5.74, 6) is -0.972. The normalized spacial score (nSPS) is 18.3. The Balaban J connectivity index is 1.32. The van der Waals surface area contributed by atoms with E-state index in [9.17, 15) is 9.18 Å². The Morgan fingerprint density at radius 3 is 2.81 bits per heavy atom. The summed E-state index contributed by atoms with van der Waals surface area (Å²) in [7, 11) is 0. The minimum absolute atomic E-state index is 0.0678. The number of benzene rings is 1. The number of H-pyrrole nitrogens is 1. The molecule has 0 amide bonds. The molecule has 1 saturated carbocycles. The molecule has 2 atom stereocenters. The van der Waals surface area contributed by atoms with E-state index >= 15 is 0 Å². The largest absolute Gasteiger partial charge is 0.492 e. The Labute approximate surface area is 155 Å². The zero-order chi connectivity index (χ0) is 18.8. The molecular weight excluding hydrogens is 349 g/mol. The van der Waals surface area contributed by atoms with Crippen LogP contribution < -0.4 is 4.74 Å². The highest BCUT2D eigenvalue weighted by molar-refractivity contribution is 5.75. The Bertz CT molecular complexity index is 942. The van der Waals surface area contributed by atoms with E-state index in [4.69, 9.17) is 9.84 Å². The lowest BCUT2D eigenvalue weighted by Crippen LogP contribution is -2.04. The highest BCUT2D eigenvalue weighted by Gasteiger charge is 2.44. The molecule has 2 heterocycles. The second-order valence-electron chi connectivity index (χ2n) is 6.59. The van der Waals surface area contributed by atoms with E-state index in [0.717, 1.165) is 17.0 Å². The zero-order valence-electron chi connectivity index (χ0n) is 14.4. The number of nitrogens with one attached hydrogen (secondary N) is 1. The maximum Gasteiger partial charge on any atom is 0.307 e. The number of hydrogen-bond acceptors (Lipinski definition) is 4. The van der Waals surface area contributed by atoms with Gasteiger partial charge in [0.05, 0.1) is 30.1 Å². The van der Waals surface area contributed by atoms with E-state index in [-0.39, 0.29) is 17.7 Å². The number of aromatic nitrogens is 3. The molecule has 138 valence electrons. The summed E-state index contributed by atoms with van der Waals surface area (Å²) in [6.45, 7) is 0.322. The number of aromatic amines is 1. The fourth-order valence-corrected chi connectivity index (χ4v) is 3.14. The predicted octanol–water partition coefficient (Wildman–Crippen LogP) is 3.42. The molecule has 2 aromatic heterocycles. The molecular formula is C20H18FN3O3. The number of aliphatic carboxylic acids is 1. The quantitative estimate of drug-likeness (QED) is 0.668. The van der Waals surface area contributed by atoms with Crippen molar-refractivity contribution in [3.63, 3.8) is 0 Å². The number of carbonyl (C=O) groups is 1. The van der Waals surface area contributed by atoms with Crippen LogP contribution in [-0.2, 0) is 11.2 Å². The molecule has 7 heteroatoms. The van der Waals surface area contributed by atoms with E-state index in [1.165, 1.54) is 6.07 Å². The van der Waals surface area contributed by atoms with Gasteiger partial charge < -0.3 is 9.84 Å². The van der Waals surface area contributed by atoms with Gasteiger partial charge in [-0.05, 0) is 47.7 Å². The lowest BCUT2D eigenvalue weighted by molar-refractivity contribution is -0.138. The fourth-order valence-electron chi connectivity index (χ4n) is 3.14. The molecule has 1 aliphatic carbocycles. The van der Waals surface area contributed by atoms with E-state index in [0.29, 0.717) is 30.8 Å². The van der Waals surface area contributed by atoms with E-state index in [1.807, 2.05) is 24.3 Å². The third-order valence-corrected chi connectivity index (χ3v) is 4.77. The average molecular weight is 367 g/mol. The topological polar surface area (TPSA) is 88.1 Å². The summed E-state index contributed by atoms with van der Waals surface area (Å²) < 4.78 is 19.9. The highest BCUT2D eigenvalue weighted by atomic mass is 19.1. The van der Waals surface area contributed by atoms with Gasteiger partial charge in [0.25, 0.3) is 0 Å². The minimum atomic E-state index is -0.815. The van der Waals surface area contributed by atoms with Gasteiger partial charge in [0.2, 0.25) is 0 Å². The molecule has 3 aromatic rings. The third-order valence-electron chi connectivity index (χ3n) is 4.77. The second-order valence-corrected chi connectivity index (χ2v) is 6.59. The van der Waals surface area contributed by atoms with Crippen LogP contribution in [0.5, 0.6) is 5.75 Å². The Morgan fingerprint density at radius 2 is 2.19 bits per heavy atom. The van der Waals surface area contributed by atoms with Crippen LogP contribution in [0, 0.1) is 11.7 Å². The van der Waals surface area contributed by atoms with Crippen LogP contribution in [0.15, 0.2) is 48.8 Å². The first-order valence-electron chi connectivity index (χ1n) is 8.71. The summed E-state index contributed by atoms with van der Waals surface area (Å²) in [5, 5.41) is 15.7. The molecule has 2 N–H and O–H groups in total. The summed E-state index contributed by atoms with van der Waals surface area (Å²) in [6, 6.07) is 10.4. The van der Waals surface area contributed by atoms with Crippen molar-refractivity contribution in [2.75, 3.05) is 6.61 Å². The molecule has 2 unspecified atom stereocenters. The van der Waals surface area contributed by atoms with Gasteiger partial charge in [0.15, 0.2) is 0 Å². The Morgan fingerprint density at radius 1 is 1.30 bits per heavy atom. The molecule has 0 bridgehead atoms. The van der Waals surface area contributed by atoms with Crippen molar-refractivity contribution < 1.29 is 19.0 Å². The van der Waals surface area contributed by atoms with Crippen LogP contribution >= 0.6 is 0 Å². The number of pyridine rings is 1. The summed E-state index contributed by atoms with van der Waals surface area (Å²) >= 11 is 0. The van der Waals surface area contributed by atoms with Gasteiger partial charge in [-0.2, -0.15) is 5.10 Å². The first kappa shape index (κ1) is 17.2. The average Bonchev–Trinajstić information content (AvgIpc) is 3.30. The van der Waals surface area contributed by atoms with Crippen molar-refractivity contribution in [2.24, 2.45) is 5.92 Å². The van der Waals surface area contributed by atoms with E-state index in [1.54, 1.807) is 18.5 Å². The Kier molecular flexibility index (Phi) is 4.58. The number of carboxylic acids is 1. The fraction of sp³-hybridized carbons (Fsp3) is 0.250. The van der Waals surface area contributed by atoms with Gasteiger partial charge in [-0.3, -0.25) is 14.9 Å². The maximum atomic E-state index is 14.3. The van der Waals surface area contributed by atoms with Crippen molar-refractivity contribution in [1.29, 1.82) is 0 Å². The number of halogens is 1. The van der Waals surface area contributed by atoms with E-state index in [2.05, 4.69) is 15.2 Å². The first-order chi connectivity index (χ1) is 13.1. The van der Waals surface area contributed by atoms with Gasteiger partial charge in [-0.1, -0.05) is 12.1 Å². The standard InChI is InChI=1S/C20H18FN3O3/c21-17-9-13(15-10-16(15)20(25)26)2-1-12(17)6-8-27-14-3-4-18(22-11-14)19-5-7-23-24-19/h1-5,7,9,11,15-16H,6,8,10H2,(H,23,24)(H,25,26). The van der Waals surface area contributed by atoms with Crippen LogP contribution in [0.1, 0.15) is 23.5 Å². The minimum Gasteiger partial charge on any atom is -0.492 e. The molecule has 27 heavy (non-hydrogen) atoms.